The molecule has 0 saturated carbocycles. The fourth-order valence-electron chi connectivity index (χ4n) is 1.26. The zero-order valence-corrected chi connectivity index (χ0v) is 11.1. The first-order valence-corrected chi connectivity index (χ1v) is 6.02. The normalized spacial score (nSPS) is 10.1. The molecule has 0 radical (unpaired) electrons. The maximum absolute atomic E-state index is 11.9. The molecule has 82 valence electrons. The van der Waals surface area contributed by atoms with Crippen molar-refractivity contribution in [2.24, 2.45) is 0 Å². The van der Waals surface area contributed by atoms with Crippen LogP contribution in [-0.4, -0.2) is 10.6 Å². The molecule has 2 aromatic rings. The molecular weight excluding hydrogens is 338 g/mol. The van der Waals surface area contributed by atoms with Crippen LogP contribution in [0.5, 0.6) is 0 Å². The number of halogens is 2. The molecule has 1 amide bonds. The second-order valence-corrected chi connectivity index (χ2v) is 4.75. The zero-order valence-electron chi connectivity index (χ0n) is 8.15. The Morgan fingerprint density at radius 2 is 2.00 bits per heavy atom. The molecule has 16 heavy (non-hydrogen) atoms. The highest BCUT2D eigenvalue weighted by Gasteiger charge is 2.10. The van der Waals surface area contributed by atoms with E-state index in [0.717, 1.165) is 3.57 Å². The molecule has 0 aliphatic heterocycles. The summed E-state index contributed by atoms with van der Waals surface area (Å²) in [7, 11) is 0. The van der Waals surface area contributed by atoms with Gasteiger partial charge in [0.2, 0.25) is 0 Å². The van der Waals surface area contributed by atoms with Crippen molar-refractivity contribution in [3.05, 3.63) is 56.9 Å². The van der Waals surface area contributed by atoms with Crippen molar-refractivity contribution in [1.82, 2.24) is 4.68 Å². The highest BCUT2D eigenvalue weighted by atomic mass is 127. The lowest BCUT2D eigenvalue weighted by molar-refractivity contribution is 0.101. The number of amides is 1. The highest BCUT2D eigenvalue weighted by molar-refractivity contribution is 14.1. The molecule has 0 atom stereocenters. The van der Waals surface area contributed by atoms with Gasteiger partial charge in [0.15, 0.2) is 0 Å². The number of aromatic nitrogens is 1. The Hall–Kier alpha value is -1.01. The van der Waals surface area contributed by atoms with Gasteiger partial charge in [0.05, 0.1) is 5.56 Å². The minimum absolute atomic E-state index is 0.178. The second-order valence-electron chi connectivity index (χ2n) is 3.16. The van der Waals surface area contributed by atoms with Gasteiger partial charge >= 0.3 is 0 Å². The minimum Gasteiger partial charge on any atom is -0.268 e. The summed E-state index contributed by atoms with van der Waals surface area (Å²) in [6, 6.07) is 8.90. The van der Waals surface area contributed by atoms with Crippen LogP contribution in [0.15, 0.2) is 42.7 Å². The summed E-state index contributed by atoms with van der Waals surface area (Å²) < 4.78 is 2.46. The zero-order chi connectivity index (χ0) is 11.5. The Morgan fingerprint density at radius 1 is 1.31 bits per heavy atom. The van der Waals surface area contributed by atoms with E-state index < -0.39 is 0 Å². The molecule has 5 heteroatoms. The molecule has 1 aromatic heterocycles. The fraction of sp³-hybridized carbons (Fsp3) is 0. The van der Waals surface area contributed by atoms with Crippen molar-refractivity contribution in [2.75, 3.05) is 5.43 Å². The van der Waals surface area contributed by atoms with Gasteiger partial charge in [-0.05, 0) is 52.9 Å². The molecule has 0 unspecified atom stereocenters. The van der Waals surface area contributed by atoms with Gasteiger partial charge in [0, 0.05) is 21.0 Å². The first-order valence-electron chi connectivity index (χ1n) is 4.56. The molecule has 0 saturated heterocycles. The Bertz CT molecular complexity index is 511. The molecule has 0 aliphatic rings. The van der Waals surface area contributed by atoms with E-state index in [4.69, 9.17) is 11.6 Å². The van der Waals surface area contributed by atoms with Crippen LogP contribution in [0.25, 0.3) is 0 Å². The van der Waals surface area contributed by atoms with Crippen LogP contribution in [0.4, 0.5) is 0 Å². The van der Waals surface area contributed by atoms with Gasteiger partial charge in [0.1, 0.15) is 0 Å². The number of benzene rings is 1. The SMILES string of the molecule is O=C(Nn1cccc1)c1cc(Cl)ccc1I. The summed E-state index contributed by atoms with van der Waals surface area (Å²) in [5.41, 5.74) is 3.29. The molecule has 0 spiro atoms. The molecule has 0 bridgehead atoms. The minimum atomic E-state index is -0.178. The van der Waals surface area contributed by atoms with E-state index in [1.165, 1.54) is 0 Å². The third-order valence-electron chi connectivity index (χ3n) is 2.01. The lowest BCUT2D eigenvalue weighted by Crippen LogP contribution is -2.22. The highest BCUT2D eigenvalue weighted by Crippen LogP contribution is 2.18. The van der Waals surface area contributed by atoms with Crippen molar-refractivity contribution in [1.29, 1.82) is 0 Å². The number of carbonyl (C=O) groups excluding carboxylic acids is 1. The molecule has 1 aromatic carbocycles. The Labute approximate surface area is 112 Å². The lowest BCUT2D eigenvalue weighted by atomic mass is 10.2. The second kappa shape index (κ2) is 4.88. The van der Waals surface area contributed by atoms with Crippen molar-refractivity contribution in [3.8, 4) is 0 Å². The summed E-state index contributed by atoms with van der Waals surface area (Å²) in [5.74, 6) is -0.178. The molecule has 0 aliphatic carbocycles. The summed E-state index contributed by atoms with van der Waals surface area (Å²) >= 11 is 7.96. The predicted molar refractivity (Wildman–Crippen MR) is 72.3 cm³/mol. The number of carbonyl (C=O) groups is 1. The van der Waals surface area contributed by atoms with E-state index in [1.807, 2.05) is 18.2 Å². The molecular formula is C11H8ClIN2O. The smallest absolute Gasteiger partial charge is 0.268 e. The Morgan fingerprint density at radius 3 is 2.69 bits per heavy atom. The molecule has 0 fully saturated rings. The van der Waals surface area contributed by atoms with E-state index >= 15 is 0 Å². The van der Waals surface area contributed by atoms with Gasteiger partial charge < -0.3 is 0 Å². The molecule has 2 rings (SSSR count). The molecule has 1 heterocycles. The topological polar surface area (TPSA) is 34.0 Å². The summed E-state index contributed by atoms with van der Waals surface area (Å²) in [5, 5.41) is 0.554. The molecule has 1 N–H and O–H groups in total. The average molecular weight is 347 g/mol. The van der Waals surface area contributed by atoms with Crippen LogP contribution in [0, 0.1) is 3.57 Å². The van der Waals surface area contributed by atoms with Gasteiger partial charge in [-0.15, -0.1) is 0 Å². The van der Waals surface area contributed by atoms with Crippen LogP contribution >= 0.6 is 34.2 Å². The monoisotopic (exact) mass is 346 g/mol. The van der Waals surface area contributed by atoms with Gasteiger partial charge in [0.25, 0.3) is 5.91 Å². The Kier molecular flexibility index (Phi) is 3.50. The quantitative estimate of drug-likeness (QED) is 0.833. The van der Waals surface area contributed by atoms with Crippen LogP contribution < -0.4 is 5.43 Å². The summed E-state index contributed by atoms with van der Waals surface area (Å²) in [6.07, 6.45) is 3.52. The van der Waals surface area contributed by atoms with Crippen molar-refractivity contribution >= 4 is 40.1 Å². The Balaban J connectivity index is 2.24. The van der Waals surface area contributed by atoms with Crippen LogP contribution in [0.2, 0.25) is 5.02 Å². The van der Waals surface area contributed by atoms with Gasteiger partial charge in [-0.3, -0.25) is 14.9 Å². The van der Waals surface area contributed by atoms with Crippen LogP contribution in [0.3, 0.4) is 0 Å². The molecule has 3 nitrogen and oxygen atoms in total. The van der Waals surface area contributed by atoms with E-state index in [2.05, 4.69) is 28.0 Å². The van der Waals surface area contributed by atoms with Crippen LogP contribution in [0.1, 0.15) is 10.4 Å². The average Bonchev–Trinajstić information content (AvgIpc) is 2.74. The van der Waals surface area contributed by atoms with Gasteiger partial charge in [-0.1, -0.05) is 11.6 Å². The maximum atomic E-state index is 11.9. The largest absolute Gasteiger partial charge is 0.271 e. The first kappa shape index (κ1) is 11.5. The third kappa shape index (κ3) is 2.56. The maximum Gasteiger partial charge on any atom is 0.271 e. The number of nitrogens with zero attached hydrogens (tertiary/aromatic N) is 1. The predicted octanol–water partition coefficient (Wildman–Crippen LogP) is 3.13. The van der Waals surface area contributed by atoms with Gasteiger partial charge in [-0.2, -0.15) is 0 Å². The van der Waals surface area contributed by atoms with Crippen LogP contribution in [-0.2, 0) is 0 Å². The summed E-state index contributed by atoms with van der Waals surface area (Å²) in [6.45, 7) is 0. The van der Waals surface area contributed by atoms with Crippen molar-refractivity contribution in [2.45, 2.75) is 0 Å². The van der Waals surface area contributed by atoms with E-state index in [0.29, 0.717) is 10.6 Å². The van der Waals surface area contributed by atoms with Gasteiger partial charge in [-0.25, -0.2) is 0 Å². The number of rotatable bonds is 2. The van der Waals surface area contributed by atoms with E-state index in [-0.39, 0.29) is 5.91 Å². The fourth-order valence-corrected chi connectivity index (χ4v) is 2.01. The standard InChI is InChI=1S/C11H8ClIN2O/c12-8-3-4-10(13)9(7-8)11(16)14-15-5-1-2-6-15/h1-7H,(H,14,16). The lowest BCUT2D eigenvalue weighted by Gasteiger charge is -2.07. The number of hydrogen-bond donors (Lipinski definition) is 1. The van der Waals surface area contributed by atoms with Crippen molar-refractivity contribution in [3.63, 3.8) is 0 Å². The van der Waals surface area contributed by atoms with E-state index in [9.17, 15) is 4.79 Å². The van der Waals surface area contributed by atoms with Crippen molar-refractivity contribution < 1.29 is 4.79 Å². The third-order valence-corrected chi connectivity index (χ3v) is 3.18. The first-order chi connectivity index (χ1) is 7.66. The summed E-state index contributed by atoms with van der Waals surface area (Å²) in [4.78, 5) is 11.9. The number of hydrogen-bond acceptors (Lipinski definition) is 1. The number of nitrogens with one attached hydrogen (secondary N) is 1. The van der Waals surface area contributed by atoms with E-state index in [1.54, 1.807) is 29.2 Å².